The summed E-state index contributed by atoms with van der Waals surface area (Å²) in [6, 6.07) is 4.56. The quantitative estimate of drug-likeness (QED) is 0.176. The molecular weight excluding hydrogens is 466 g/mol. The van der Waals surface area contributed by atoms with Crippen molar-refractivity contribution in [2.24, 2.45) is 0 Å². The fourth-order valence-electron chi connectivity index (χ4n) is 2.84. The third kappa shape index (κ3) is 5.92. The summed E-state index contributed by atoms with van der Waals surface area (Å²) >= 11 is 5.80. The minimum atomic E-state index is -1.11. The first-order chi connectivity index (χ1) is 15.8. The summed E-state index contributed by atoms with van der Waals surface area (Å²) in [7, 11) is 0. The van der Waals surface area contributed by atoms with Crippen molar-refractivity contribution in [2.75, 3.05) is 18.1 Å². The number of rotatable bonds is 10. The second-order valence-electron chi connectivity index (χ2n) is 6.47. The Morgan fingerprint density at radius 2 is 2.12 bits per heavy atom. The van der Waals surface area contributed by atoms with Gasteiger partial charge < -0.3 is 18.8 Å². The van der Waals surface area contributed by atoms with Crippen LogP contribution in [-0.2, 0) is 16.1 Å². The van der Waals surface area contributed by atoms with Crippen LogP contribution in [0.5, 0.6) is 11.6 Å². The topological polar surface area (TPSA) is 121 Å². The smallest absolute Gasteiger partial charge is 0.373 e. The summed E-state index contributed by atoms with van der Waals surface area (Å²) in [5.74, 6) is -3.51. The summed E-state index contributed by atoms with van der Waals surface area (Å²) in [5, 5.41) is 11.3. The summed E-state index contributed by atoms with van der Waals surface area (Å²) in [4.78, 5) is 32.1. The molecule has 13 heteroatoms. The first-order valence-corrected chi connectivity index (χ1v) is 9.92. The average Bonchev–Trinajstić information content (AvgIpc) is 3.27. The largest absolute Gasteiger partial charge is 0.467 e. The van der Waals surface area contributed by atoms with E-state index in [-0.39, 0.29) is 31.9 Å². The lowest BCUT2D eigenvalue weighted by Gasteiger charge is -2.22. The molecular formula is C20H17ClF2N4O6. The molecule has 0 unspecified atom stereocenters. The number of carbonyl (C=O) groups is 1. The zero-order chi connectivity index (χ0) is 24.0. The van der Waals surface area contributed by atoms with Crippen molar-refractivity contribution in [2.45, 2.75) is 19.9 Å². The first kappa shape index (κ1) is 23.9. The minimum absolute atomic E-state index is 0.0129. The number of furan rings is 1. The van der Waals surface area contributed by atoms with E-state index in [1.54, 1.807) is 19.1 Å². The van der Waals surface area contributed by atoms with Gasteiger partial charge in [-0.1, -0.05) is 11.6 Å². The van der Waals surface area contributed by atoms with Crippen molar-refractivity contribution in [3.8, 4) is 11.6 Å². The summed E-state index contributed by atoms with van der Waals surface area (Å²) < 4.78 is 42.9. The Balaban J connectivity index is 2.01. The molecule has 2 heterocycles. The number of aromatic nitrogens is 2. The van der Waals surface area contributed by atoms with E-state index >= 15 is 0 Å². The van der Waals surface area contributed by atoms with Crippen molar-refractivity contribution < 1.29 is 32.4 Å². The molecule has 0 saturated heterocycles. The summed E-state index contributed by atoms with van der Waals surface area (Å²) in [6.07, 6.45) is 2.29. The fourth-order valence-corrected chi connectivity index (χ4v) is 2.99. The average molecular weight is 483 g/mol. The number of ether oxygens (including phenoxy) is 2. The van der Waals surface area contributed by atoms with Gasteiger partial charge in [0, 0.05) is 18.7 Å². The van der Waals surface area contributed by atoms with Crippen molar-refractivity contribution in [3.63, 3.8) is 0 Å². The van der Waals surface area contributed by atoms with Gasteiger partial charge in [-0.2, -0.15) is 4.98 Å². The highest BCUT2D eigenvalue weighted by Crippen LogP contribution is 2.39. The van der Waals surface area contributed by atoms with E-state index in [1.165, 1.54) is 11.2 Å². The van der Waals surface area contributed by atoms with Crippen molar-refractivity contribution in [1.29, 1.82) is 0 Å². The van der Waals surface area contributed by atoms with Crippen LogP contribution in [0, 0.1) is 21.7 Å². The van der Waals surface area contributed by atoms with Gasteiger partial charge in [0.15, 0.2) is 5.75 Å². The Kier molecular flexibility index (Phi) is 7.72. The Bertz CT molecular complexity index is 1150. The van der Waals surface area contributed by atoms with Gasteiger partial charge in [-0.05, 0) is 19.1 Å². The molecule has 0 atom stereocenters. The summed E-state index contributed by atoms with van der Waals surface area (Å²) in [6.45, 7) is 1.82. The van der Waals surface area contributed by atoms with Crippen LogP contribution < -0.4 is 9.64 Å². The van der Waals surface area contributed by atoms with E-state index in [9.17, 15) is 23.7 Å². The molecule has 33 heavy (non-hydrogen) atoms. The highest BCUT2D eigenvalue weighted by molar-refractivity contribution is 6.32. The number of carbonyl (C=O) groups excluding carboxylic acids is 1. The number of nitrogens with zero attached hydrogens (tertiary/aromatic N) is 4. The maximum atomic E-state index is 13.8. The maximum absolute atomic E-state index is 13.8. The monoisotopic (exact) mass is 482 g/mol. The minimum Gasteiger partial charge on any atom is -0.467 e. The van der Waals surface area contributed by atoms with E-state index in [1.807, 2.05) is 0 Å². The second kappa shape index (κ2) is 10.7. The number of benzene rings is 1. The Labute approximate surface area is 190 Å². The van der Waals surface area contributed by atoms with Gasteiger partial charge in [0.05, 0.1) is 30.8 Å². The molecule has 0 saturated carbocycles. The molecule has 1 aromatic carbocycles. The van der Waals surface area contributed by atoms with Crippen LogP contribution in [-0.4, -0.2) is 34.0 Å². The van der Waals surface area contributed by atoms with E-state index in [0.717, 1.165) is 12.4 Å². The van der Waals surface area contributed by atoms with Crippen LogP contribution in [0.2, 0.25) is 5.02 Å². The van der Waals surface area contributed by atoms with Gasteiger partial charge in [0.2, 0.25) is 5.82 Å². The molecule has 0 N–H and O–H groups in total. The highest BCUT2D eigenvalue weighted by Gasteiger charge is 2.30. The number of anilines is 1. The van der Waals surface area contributed by atoms with Crippen LogP contribution in [0.4, 0.5) is 20.3 Å². The molecule has 0 aliphatic rings. The molecule has 2 aromatic heterocycles. The lowest BCUT2D eigenvalue weighted by molar-refractivity contribution is -0.385. The molecule has 0 spiro atoms. The zero-order valence-electron chi connectivity index (χ0n) is 17.2. The lowest BCUT2D eigenvalue weighted by atomic mass is 10.3. The van der Waals surface area contributed by atoms with E-state index in [0.29, 0.717) is 11.8 Å². The molecule has 10 nitrogen and oxygen atoms in total. The molecule has 0 aliphatic carbocycles. The molecule has 0 aliphatic heterocycles. The molecule has 0 bridgehead atoms. The number of hydrogen-bond acceptors (Lipinski definition) is 9. The van der Waals surface area contributed by atoms with Crippen molar-refractivity contribution in [1.82, 2.24) is 9.97 Å². The van der Waals surface area contributed by atoms with E-state index in [2.05, 4.69) is 9.97 Å². The molecule has 3 aromatic rings. The number of halogens is 3. The summed E-state index contributed by atoms with van der Waals surface area (Å²) in [5.41, 5.74) is -0.700. The van der Waals surface area contributed by atoms with Crippen molar-refractivity contribution >= 4 is 29.1 Å². The molecule has 0 radical (unpaired) electrons. The Morgan fingerprint density at radius 3 is 2.79 bits per heavy atom. The maximum Gasteiger partial charge on any atom is 0.373 e. The molecule has 0 amide bonds. The van der Waals surface area contributed by atoms with Gasteiger partial charge in [-0.25, -0.2) is 13.8 Å². The van der Waals surface area contributed by atoms with Crippen LogP contribution in [0.1, 0.15) is 19.1 Å². The molecule has 3 rings (SSSR count). The lowest BCUT2D eigenvalue weighted by Crippen LogP contribution is -2.28. The third-order valence-electron chi connectivity index (χ3n) is 4.24. The van der Waals surface area contributed by atoms with E-state index in [4.69, 9.17) is 25.5 Å². The standard InChI is InChI=1S/C20H17ClF2N4O6/c1-2-31-16(28)5-6-26(10-13-4-3-7-32-13)19-18(27(29)30)20(25-11-24-19)33-15-9-12(22)8-14(23)17(15)21/h3-4,7-9,11H,2,5-6,10H2,1H3. The highest BCUT2D eigenvalue weighted by atomic mass is 35.5. The van der Waals surface area contributed by atoms with Crippen LogP contribution in [0.3, 0.4) is 0 Å². The number of hydrogen-bond donors (Lipinski definition) is 0. The fraction of sp³-hybridized carbons (Fsp3) is 0.250. The Morgan fingerprint density at radius 1 is 1.33 bits per heavy atom. The predicted molar refractivity (Wildman–Crippen MR) is 111 cm³/mol. The van der Waals surface area contributed by atoms with Crippen LogP contribution in [0.25, 0.3) is 0 Å². The normalized spacial score (nSPS) is 10.7. The van der Waals surface area contributed by atoms with E-state index < -0.39 is 44.9 Å². The molecule has 174 valence electrons. The predicted octanol–water partition coefficient (Wildman–Crippen LogP) is 4.66. The van der Waals surface area contributed by atoms with Gasteiger partial charge in [0.25, 0.3) is 0 Å². The first-order valence-electron chi connectivity index (χ1n) is 9.54. The van der Waals surface area contributed by atoms with Crippen LogP contribution >= 0.6 is 11.6 Å². The van der Waals surface area contributed by atoms with Gasteiger partial charge in [-0.15, -0.1) is 0 Å². The zero-order valence-corrected chi connectivity index (χ0v) is 17.9. The second-order valence-corrected chi connectivity index (χ2v) is 6.84. The van der Waals surface area contributed by atoms with Gasteiger partial charge in [0.1, 0.15) is 28.7 Å². The Hall–Kier alpha value is -3.80. The number of nitro groups is 1. The van der Waals surface area contributed by atoms with Crippen LogP contribution in [0.15, 0.2) is 41.3 Å². The number of esters is 1. The SMILES string of the molecule is CCOC(=O)CCN(Cc1ccco1)c1ncnc(Oc2cc(F)cc(F)c2Cl)c1[N+](=O)[O-]. The van der Waals surface area contributed by atoms with Gasteiger partial charge in [-0.3, -0.25) is 14.9 Å². The van der Waals surface area contributed by atoms with Crippen molar-refractivity contribution in [3.05, 3.63) is 69.4 Å². The third-order valence-corrected chi connectivity index (χ3v) is 4.60. The van der Waals surface area contributed by atoms with Gasteiger partial charge >= 0.3 is 17.5 Å². The molecule has 0 fully saturated rings.